The predicted molar refractivity (Wildman–Crippen MR) is 91.7 cm³/mol. The van der Waals surface area contributed by atoms with Gasteiger partial charge in [0.25, 0.3) is 0 Å². The Balaban J connectivity index is 1.92. The van der Waals surface area contributed by atoms with Gasteiger partial charge in [-0.2, -0.15) is 0 Å². The zero-order valence-corrected chi connectivity index (χ0v) is 14.4. The van der Waals surface area contributed by atoms with Gasteiger partial charge in [0.15, 0.2) is 0 Å². The molecule has 0 saturated heterocycles. The summed E-state index contributed by atoms with van der Waals surface area (Å²) < 4.78 is 12.4. The van der Waals surface area contributed by atoms with Crippen molar-refractivity contribution in [2.24, 2.45) is 0 Å². The van der Waals surface area contributed by atoms with Crippen molar-refractivity contribution < 1.29 is 9.00 Å². The van der Waals surface area contributed by atoms with Crippen LogP contribution in [-0.2, 0) is 22.0 Å². The van der Waals surface area contributed by atoms with Gasteiger partial charge in [0.2, 0.25) is 5.91 Å². The number of hydrogen-bond acceptors (Lipinski definition) is 3. The zero-order chi connectivity index (χ0) is 15.4. The molecule has 1 N–H and O–H groups in total. The van der Waals surface area contributed by atoms with Gasteiger partial charge < -0.3 is 5.32 Å². The summed E-state index contributed by atoms with van der Waals surface area (Å²) in [5.41, 5.74) is 1.00. The number of nitrogens with one attached hydrogen (secondary N) is 1. The van der Waals surface area contributed by atoms with Crippen LogP contribution in [0.1, 0.15) is 18.9 Å². The van der Waals surface area contributed by atoms with Crippen LogP contribution in [0.25, 0.3) is 10.1 Å². The Bertz CT molecular complexity index is 669. The molecule has 0 aliphatic carbocycles. The average molecular weight is 344 g/mol. The van der Waals surface area contributed by atoms with Crippen LogP contribution in [0.5, 0.6) is 0 Å². The minimum absolute atomic E-state index is 0.0104. The molecule has 114 valence electrons. The lowest BCUT2D eigenvalue weighted by Crippen LogP contribution is -2.28. The van der Waals surface area contributed by atoms with E-state index >= 15 is 0 Å². The number of benzene rings is 1. The van der Waals surface area contributed by atoms with Crippen molar-refractivity contribution in [2.45, 2.75) is 25.0 Å². The molecule has 6 heteroatoms. The molecule has 1 heterocycles. The van der Waals surface area contributed by atoms with E-state index in [-0.39, 0.29) is 11.2 Å². The van der Waals surface area contributed by atoms with Gasteiger partial charge in [0, 0.05) is 38.6 Å². The zero-order valence-electron chi connectivity index (χ0n) is 12.0. The Hall–Kier alpha value is -0.910. The molecule has 1 amide bonds. The molecule has 0 saturated carbocycles. The van der Waals surface area contributed by atoms with Crippen molar-refractivity contribution in [3.63, 3.8) is 0 Å². The molecule has 0 aliphatic rings. The SMILES string of the molecule is C[C@H](CCNC(=O)Cc1csc2ccc(Cl)cc12)[S@@](C)=O. The summed E-state index contributed by atoms with van der Waals surface area (Å²) in [5.74, 6) is -0.0104. The van der Waals surface area contributed by atoms with E-state index in [2.05, 4.69) is 5.32 Å². The van der Waals surface area contributed by atoms with E-state index < -0.39 is 10.8 Å². The standard InChI is InChI=1S/C15H18ClNO2S2/c1-10(21(2)19)5-6-17-15(18)7-11-9-20-14-4-3-12(16)8-13(11)14/h3-4,8-10H,5-7H2,1-2H3,(H,17,18)/t10-,21-/m1/s1. The van der Waals surface area contributed by atoms with Gasteiger partial charge in [-0.1, -0.05) is 18.5 Å². The Morgan fingerprint density at radius 3 is 2.95 bits per heavy atom. The molecule has 2 rings (SSSR count). The van der Waals surface area contributed by atoms with E-state index in [0.29, 0.717) is 18.0 Å². The summed E-state index contributed by atoms with van der Waals surface area (Å²) in [6, 6.07) is 5.73. The molecule has 1 aromatic heterocycles. The average Bonchev–Trinajstić information content (AvgIpc) is 2.81. The highest BCUT2D eigenvalue weighted by Crippen LogP contribution is 2.28. The van der Waals surface area contributed by atoms with Crippen LogP contribution in [0.4, 0.5) is 0 Å². The monoisotopic (exact) mass is 343 g/mol. The Kier molecular flexibility index (Phi) is 5.79. The fourth-order valence-corrected chi connectivity index (χ4v) is 3.57. The Morgan fingerprint density at radius 2 is 2.24 bits per heavy atom. The van der Waals surface area contributed by atoms with E-state index in [1.54, 1.807) is 17.6 Å². The molecular formula is C15H18ClNO2S2. The summed E-state index contributed by atoms with van der Waals surface area (Å²) in [5, 5.41) is 6.72. The molecule has 3 nitrogen and oxygen atoms in total. The van der Waals surface area contributed by atoms with E-state index in [0.717, 1.165) is 22.1 Å². The third-order valence-corrected chi connectivity index (χ3v) is 6.02. The van der Waals surface area contributed by atoms with Crippen LogP contribution in [0, 0.1) is 0 Å². The maximum Gasteiger partial charge on any atom is 0.224 e. The van der Waals surface area contributed by atoms with Gasteiger partial charge in [0.1, 0.15) is 0 Å². The van der Waals surface area contributed by atoms with Gasteiger partial charge in [-0.25, -0.2) is 0 Å². The summed E-state index contributed by atoms with van der Waals surface area (Å²) in [7, 11) is -0.842. The molecular weight excluding hydrogens is 326 g/mol. The lowest BCUT2D eigenvalue weighted by molar-refractivity contribution is -0.120. The topological polar surface area (TPSA) is 46.2 Å². The number of carbonyl (C=O) groups is 1. The molecule has 0 radical (unpaired) electrons. The first-order valence-corrected chi connectivity index (χ1v) is 9.60. The van der Waals surface area contributed by atoms with Gasteiger partial charge in [-0.15, -0.1) is 11.3 Å². The molecule has 2 atom stereocenters. The van der Waals surface area contributed by atoms with E-state index in [1.807, 2.05) is 30.5 Å². The molecule has 1 aromatic carbocycles. The normalized spacial score (nSPS) is 14.0. The highest BCUT2D eigenvalue weighted by atomic mass is 35.5. The number of carbonyl (C=O) groups excluding carboxylic acids is 1. The number of fused-ring (bicyclic) bond motifs is 1. The second kappa shape index (κ2) is 7.38. The summed E-state index contributed by atoms with van der Waals surface area (Å²) >= 11 is 7.63. The van der Waals surface area contributed by atoms with Crippen LogP contribution in [0.3, 0.4) is 0 Å². The highest BCUT2D eigenvalue weighted by molar-refractivity contribution is 7.84. The van der Waals surface area contributed by atoms with Crippen molar-refractivity contribution in [3.05, 3.63) is 34.2 Å². The summed E-state index contributed by atoms with van der Waals surface area (Å²) in [6.07, 6.45) is 2.77. The van der Waals surface area contributed by atoms with E-state index in [9.17, 15) is 9.00 Å². The lowest BCUT2D eigenvalue weighted by atomic mass is 10.1. The maximum atomic E-state index is 12.0. The van der Waals surface area contributed by atoms with Gasteiger partial charge >= 0.3 is 0 Å². The van der Waals surface area contributed by atoms with Crippen LogP contribution in [-0.4, -0.2) is 28.2 Å². The minimum atomic E-state index is -0.842. The van der Waals surface area contributed by atoms with E-state index in [1.165, 1.54) is 0 Å². The van der Waals surface area contributed by atoms with Crippen molar-refractivity contribution >= 4 is 49.7 Å². The Morgan fingerprint density at radius 1 is 1.48 bits per heavy atom. The number of halogens is 1. The minimum Gasteiger partial charge on any atom is -0.356 e. The number of rotatable bonds is 6. The second-order valence-corrected chi connectivity index (χ2v) is 8.18. The van der Waals surface area contributed by atoms with Crippen LogP contribution >= 0.6 is 22.9 Å². The molecule has 0 aliphatic heterocycles. The first-order valence-electron chi connectivity index (χ1n) is 6.72. The van der Waals surface area contributed by atoms with Crippen molar-refractivity contribution in [1.29, 1.82) is 0 Å². The van der Waals surface area contributed by atoms with Crippen LogP contribution < -0.4 is 5.32 Å². The van der Waals surface area contributed by atoms with Crippen LogP contribution in [0.15, 0.2) is 23.6 Å². The maximum absolute atomic E-state index is 12.0. The van der Waals surface area contributed by atoms with Crippen molar-refractivity contribution in [2.75, 3.05) is 12.8 Å². The molecule has 0 bridgehead atoms. The Labute approximate surface area is 136 Å². The third kappa shape index (κ3) is 4.53. The third-order valence-electron chi connectivity index (χ3n) is 3.41. The highest BCUT2D eigenvalue weighted by Gasteiger charge is 2.11. The fraction of sp³-hybridized carbons (Fsp3) is 0.400. The largest absolute Gasteiger partial charge is 0.356 e. The summed E-state index contributed by atoms with van der Waals surface area (Å²) in [6.45, 7) is 2.49. The second-order valence-electron chi connectivity index (χ2n) is 5.03. The molecule has 0 spiro atoms. The van der Waals surface area contributed by atoms with Gasteiger partial charge in [0.05, 0.1) is 6.42 Å². The number of amides is 1. The molecule has 0 fully saturated rings. The molecule has 0 unspecified atom stereocenters. The predicted octanol–water partition coefficient (Wildman–Crippen LogP) is 3.37. The van der Waals surface area contributed by atoms with Gasteiger partial charge in [-0.3, -0.25) is 9.00 Å². The molecule has 21 heavy (non-hydrogen) atoms. The van der Waals surface area contributed by atoms with Crippen LogP contribution in [0.2, 0.25) is 5.02 Å². The molecule has 2 aromatic rings. The number of thiophene rings is 1. The van der Waals surface area contributed by atoms with Gasteiger partial charge in [-0.05, 0) is 40.9 Å². The van der Waals surface area contributed by atoms with E-state index in [4.69, 9.17) is 11.6 Å². The first-order chi connectivity index (χ1) is 9.97. The van der Waals surface area contributed by atoms with Crippen molar-refractivity contribution in [3.8, 4) is 0 Å². The van der Waals surface area contributed by atoms with Crippen molar-refractivity contribution in [1.82, 2.24) is 5.32 Å². The fourth-order valence-electron chi connectivity index (χ4n) is 2.01. The first kappa shape index (κ1) is 16.5. The number of hydrogen-bond donors (Lipinski definition) is 1. The quantitative estimate of drug-likeness (QED) is 0.874. The lowest BCUT2D eigenvalue weighted by Gasteiger charge is -2.09. The smallest absolute Gasteiger partial charge is 0.224 e. The summed E-state index contributed by atoms with van der Waals surface area (Å²) in [4.78, 5) is 12.0.